The molecule has 0 spiro atoms. The Morgan fingerprint density at radius 2 is 1.79 bits per heavy atom. The van der Waals surface area contributed by atoms with Crippen molar-refractivity contribution in [1.29, 1.82) is 0 Å². The van der Waals surface area contributed by atoms with Crippen LogP contribution in [0.3, 0.4) is 0 Å². The number of anilines is 1. The van der Waals surface area contributed by atoms with Crippen LogP contribution in [0.5, 0.6) is 0 Å². The van der Waals surface area contributed by atoms with Crippen molar-refractivity contribution in [2.45, 2.75) is 0 Å². The van der Waals surface area contributed by atoms with E-state index in [1.165, 1.54) is 24.3 Å². The summed E-state index contributed by atoms with van der Waals surface area (Å²) in [5.41, 5.74) is -0.455. The van der Waals surface area contributed by atoms with Gasteiger partial charge in [0.2, 0.25) is 0 Å². The number of nitro benzene ring substituents is 1. The molecule has 14 heavy (non-hydrogen) atoms. The average molecular weight is 262 g/mol. The fraction of sp³-hybridized carbons (Fsp3) is 0. The SMILES string of the molecule is O=[N+]([O-])c1ccccc1N(Br)[N+](=O)[O-]. The number of benzene rings is 1. The maximum atomic E-state index is 10.5. The Morgan fingerprint density at radius 3 is 2.29 bits per heavy atom. The van der Waals surface area contributed by atoms with Crippen LogP contribution in [0.1, 0.15) is 0 Å². The zero-order valence-electron chi connectivity index (χ0n) is 6.66. The maximum Gasteiger partial charge on any atom is 0.299 e. The first kappa shape index (κ1) is 10.4. The van der Waals surface area contributed by atoms with E-state index in [0.717, 1.165) is 0 Å². The fourth-order valence-electron chi connectivity index (χ4n) is 0.863. The van der Waals surface area contributed by atoms with Gasteiger partial charge >= 0.3 is 0 Å². The predicted molar refractivity (Wildman–Crippen MR) is 51.5 cm³/mol. The Hall–Kier alpha value is -1.70. The lowest BCUT2D eigenvalue weighted by molar-refractivity contribution is -0.471. The molecule has 0 saturated carbocycles. The minimum atomic E-state index is -0.803. The molecule has 0 aliphatic heterocycles. The van der Waals surface area contributed by atoms with Crippen LogP contribution in [0, 0.1) is 20.2 Å². The first-order valence-corrected chi connectivity index (χ1v) is 4.08. The first-order chi connectivity index (χ1) is 6.54. The van der Waals surface area contributed by atoms with Crippen LogP contribution in [-0.2, 0) is 0 Å². The van der Waals surface area contributed by atoms with E-state index in [2.05, 4.69) is 16.1 Å². The molecule has 0 N–H and O–H groups in total. The molecule has 1 aromatic carbocycles. The molecule has 0 bridgehead atoms. The zero-order valence-corrected chi connectivity index (χ0v) is 8.25. The van der Waals surface area contributed by atoms with E-state index in [0.29, 0.717) is 4.03 Å². The Balaban J connectivity index is 3.19. The van der Waals surface area contributed by atoms with E-state index in [9.17, 15) is 20.2 Å². The van der Waals surface area contributed by atoms with Crippen molar-refractivity contribution < 1.29 is 9.96 Å². The van der Waals surface area contributed by atoms with Crippen LogP contribution in [0.4, 0.5) is 11.4 Å². The number of hydrazine groups is 1. The maximum absolute atomic E-state index is 10.5. The number of halogens is 1. The number of para-hydroxylation sites is 2. The minimum Gasteiger partial charge on any atom is -0.258 e. The molecule has 0 atom stereocenters. The summed E-state index contributed by atoms with van der Waals surface area (Å²) in [6.07, 6.45) is 0. The third kappa shape index (κ3) is 1.96. The van der Waals surface area contributed by atoms with Crippen molar-refractivity contribution in [2.24, 2.45) is 0 Å². The second kappa shape index (κ2) is 4.01. The topological polar surface area (TPSA) is 89.5 Å². The molecule has 0 heterocycles. The molecule has 0 unspecified atom stereocenters. The van der Waals surface area contributed by atoms with Gasteiger partial charge in [0.15, 0.2) is 10.7 Å². The summed E-state index contributed by atoms with van der Waals surface area (Å²) < 4.78 is 0.422. The first-order valence-electron chi connectivity index (χ1n) is 3.37. The Labute approximate surface area is 86.5 Å². The quantitative estimate of drug-likeness (QED) is 0.471. The van der Waals surface area contributed by atoms with Gasteiger partial charge in [-0.25, -0.2) is 10.1 Å². The van der Waals surface area contributed by atoms with Crippen molar-refractivity contribution >= 4 is 27.5 Å². The van der Waals surface area contributed by atoms with Crippen LogP contribution in [-0.4, -0.2) is 9.96 Å². The van der Waals surface area contributed by atoms with Crippen LogP contribution >= 0.6 is 16.1 Å². The molecule has 7 nitrogen and oxygen atoms in total. The Bertz CT molecular complexity index is 383. The largest absolute Gasteiger partial charge is 0.299 e. The van der Waals surface area contributed by atoms with Gasteiger partial charge in [-0.05, 0) is 10.1 Å². The predicted octanol–water partition coefficient (Wildman–Crippen LogP) is 1.90. The third-order valence-corrected chi connectivity index (χ3v) is 2.06. The molecule has 0 saturated heterocycles. The van der Waals surface area contributed by atoms with Crippen LogP contribution in [0.15, 0.2) is 24.3 Å². The summed E-state index contributed by atoms with van der Waals surface area (Å²) in [6.45, 7) is 0. The molecule has 74 valence electrons. The molecular weight excluding hydrogens is 258 g/mol. The van der Waals surface area contributed by atoms with Crippen molar-refractivity contribution in [1.82, 2.24) is 0 Å². The lowest BCUT2D eigenvalue weighted by Gasteiger charge is -2.04. The summed E-state index contributed by atoms with van der Waals surface area (Å²) >= 11 is 2.60. The van der Waals surface area contributed by atoms with E-state index in [1.807, 2.05) is 0 Å². The average Bonchev–Trinajstić information content (AvgIpc) is 2.16. The summed E-state index contributed by atoms with van der Waals surface area (Å²) in [4.78, 5) is 20.1. The summed E-state index contributed by atoms with van der Waals surface area (Å²) in [5.74, 6) is 0. The molecule has 8 heteroatoms. The van der Waals surface area contributed by atoms with Crippen LogP contribution in [0.25, 0.3) is 0 Å². The van der Waals surface area contributed by atoms with E-state index in [-0.39, 0.29) is 11.4 Å². The molecule has 1 aromatic rings. The van der Waals surface area contributed by atoms with Gasteiger partial charge in [0.05, 0.1) is 4.92 Å². The summed E-state index contributed by atoms with van der Waals surface area (Å²) in [7, 11) is 0. The standard InChI is InChI=1S/C6H4BrN3O4/c7-8(10(13)14)5-3-1-2-4-6(5)9(11)12/h1-4H. The third-order valence-electron chi connectivity index (χ3n) is 1.42. The lowest BCUT2D eigenvalue weighted by atomic mass is 10.3. The minimum absolute atomic E-state index is 0.123. The molecule has 1 rings (SSSR count). The highest BCUT2D eigenvalue weighted by Crippen LogP contribution is 2.29. The van der Waals surface area contributed by atoms with Crippen molar-refractivity contribution in [3.63, 3.8) is 0 Å². The Kier molecular flexibility index (Phi) is 2.97. The van der Waals surface area contributed by atoms with Gasteiger partial charge in [-0.1, -0.05) is 12.1 Å². The highest BCUT2D eigenvalue weighted by atomic mass is 79.9. The van der Waals surface area contributed by atoms with Gasteiger partial charge in [-0.3, -0.25) is 10.1 Å². The summed E-state index contributed by atoms with van der Waals surface area (Å²) in [6, 6.07) is 5.37. The van der Waals surface area contributed by atoms with E-state index < -0.39 is 9.96 Å². The van der Waals surface area contributed by atoms with Crippen molar-refractivity contribution in [3.05, 3.63) is 44.5 Å². The van der Waals surface area contributed by atoms with Crippen LogP contribution < -0.4 is 4.03 Å². The fourth-order valence-corrected chi connectivity index (χ4v) is 1.16. The zero-order chi connectivity index (χ0) is 10.7. The van der Waals surface area contributed by atoms with E-state index >= 15 is 0 Å². The molecule has 0 aliphatic rings. The van der Waals surface area contributed by atoms with Gasteiger partial charge in [0.25, 0.3) is 5.69 Å². The number of hydrogen-bond donors (Lipinski definition) is 0. The van der Waals surface area contributed by atoms with E-state index in [4.69, 9.17) is 0 Å². The molecular formula is C6H4BrN3O4. The van der Waals surface area contributed by atoms with Gasteiger partial charge in [-0.2, -0.15) is 0 Å². The van der Waals surface area contributed by atoms with Crippen molar-refractivity contribution in [2.75, 3.05) is 4.03 Å². The van der Waals surface area contributed by atoms with Gasteiger partial charge in [0, 0.05) is 6.07 Å². The smallest absolute Gasteiger partial charge is 0.258 e. The second-order valence-electron chi connectivity index (χ2n) is 2.24. The summed E-state index contributed by atoms with van der Waals surface area (Å²) in [5, 5.41) is 20.0. The number of rotatable bonds is 3. The highest BCUT2D eigenvalue weighted by molar-refractivity contribution is 9.10. The number of hydrogen-bond acceptors (Lipinski definition) is 4. The second-order valence-corrected chi connectivity index (χ2v) is 2.92. The number of nitrogens with zero attached hydrogens (tertiary/aromatic N) is 3. The molecule has 0 aromatic heterocycles. The van der Waals surface area contributed by atoms with E-state index in [1.54, 1.807) is 0 Å². The van der Waals surface area contributed by atoms with Gasteiger partial charge in [-0.15, -0.1) is 0 Å². The lowest BCUT2D eigenvalue weighted by Crippen LogP contribution is -2.18. The highest BCUT2D eigenvalue weighted by Gasteiger charge is 2.23. The molecule has 0 radical (unpaired) electrons. The van der Waals surface area contributed by atoms with Crippen molar-refractivity contribution in [3.8, 4) is 0 Å². The monoisotopic (exact) mass is 261 g/mol. The van der Waals surface area contributed by atoms with Crippen LogP contribution in [0.2, 0.25) is 0 Å². The van der Waals surface area contributed by atoms with Gasteiger partial charge < -0.3 is 0 Å². The molecule has 0 fully saturated rings. The number of nitro groups is 2. The molecule has 0 aliphatic carbocycles. The molecule has 0 amide bonds. The van der Waals surface area contributed by atoms with Gasteiger partial charge in [0.1, 0.15) is 16.1 Å². The Morgan fingerprint density at radius 1 is 1.21 bits per heavy atom. The normalized spacial score (nSPS) is 9.50.